The zero-order valence-electron chi connectivity index (χ0n) is 19.5. The average Bonchev–Trinajstić information content (AvgIpc) is 3.76. The Balaban J connectivity index is 1.58. The van der Waals surface area contributed by atoms with Gasteiger partial charge in [-0.3, -0.25) is 0 Å². The van der Waals surface area contributed by atoms with E-state index in [2.05, 4.69) is 55.5 Å². The van der Waals surface area contributed by atoms with E-state index in [1.165, 1.54) is 22.3 Å². The summed E-state index contributed by atoms with van der Waals surface area (Å²) in [7, 11) is 0. The lowest BCUT2D eigenvalue weighted by Gasteiger charge is -2.24. The Morgan fingerprint density at radius 2 is 1.50 bits per heavy atom. The first-order valence-electron chi connectivity index (χ1n) is 12.3. The van der Waals surface area contributed by atoms with Crippen LogP contribution in [0.1, 0.15) is 48.3 Å². The van der Waals surface area contributed by atoms with Crippen molar-refractivity contribution in [1.29, 1.82) is 0 Å². The second-order valence-corrected chi connectivity index (χ2v) is 9.31. The van der Waals surface area contributed by atoms with Gasteiger partial charge in [-0.1, -0.05) is 42.5 Å². The predicted molar refractivity (Wildman–Crippen MR) is 129 cm³/mol. The van der Waals surface area contributed by atoms with Crippen LogP contribution in [0.4, 0.5) is 0 Å². The molecule has 0 bridgehead atoms. The molecule has 4 atom stereocenters. The summed E-state index contributed by atoms with van der Waals surface area (Å²) in [5.41, 5.74) is 9.65. The molecule has 2 fully saturated rings. The summed E-state index contributed by atoms with van der Waals surface area (Å²) < 4.78 is 31.0. The van der Waals surface area contributed by atoms with Crippen LogP contribution < -0.4 is 9.47 Å². The lowest BCUT2D eigenvalue weighted by atomic mass is 9.83. The van der Waals surface area contributed by atoms with Gasteiger partial charge in [0.2, 0.25) is 0 Å². The van der Waals surface area contributed by atoms with Gasteiger partial charge in [-0.25, -0.2) is 0 Å². The number of benzene rings is 3. The maximum Gasteiger partial charge on any atom is 0.135 e. The van der Waals surface area contributed by atoms with E-state index in [0.717, 1.165) is 40.2 Å². The zero-order valence-corrected chi connectivity index (χ0v) is 19.5. The van der Waals surface area contributed by atoms with Crippen molar-refractivity contribution >= 4 is 0 Å². The third kappa shape index (κ3) is 3.04. The van der Waals surface area contributed by atoms with Crippen molar-refractivity contribution in [1.82, 2.24) is 0 Å². The lowest BCUT2D eigenvalue weighted by molar-refractivity contribution is 0.102. The maximum absolute atomic E-state index is 6.53. The molecule has 0 aromatic heterocycles. The van der Waals surface area contributed by atoms with Crippen LogP contribution in [-0.2, 0) is 20.6 Å². The van der Waals surface area contributed by atoms with E-state index >= 15 is 0 Å². The van der Waals surface area contributed by atoms with Crippen LogP contribution >= 0.6 is 0 Å². The first-order valence-corrected chi connectivity index (χ1v) is 12.3. The van der Waals surface area contributed by atoms with Crippen molar-refractivity contribution in [2.24, 2.45) is 0 Å². The first-order chi connectivity index (χ1) is 16.8. The second-order valence-electron chi connectivity index (χ2n) is 9.31. The maximum atomic E-state index is 6.53. The molecule has 5 heteroatoms. The minimum absolute atomic E-state index is 0.00673. The van der Waals surface area contributed by atoms with Crippen LogP contribution in [0.5, 0.6) is 11.5 Å². The molecule has 3 aliphatic heterocycles. The van der Waals surface area contributed by atoms with Crippen LogP contribution in [0.2, 0.25) is 0 Å². The Morgan fingerprint density at radius 1 is 0.765 bits per heavy atom. The monoisotopic (exact) mass is 456 g/mol. The van der Waals surface area contributed by atoms with Gasteiger partial charge in [0.05, 0.1) is 26.4 Å². The van der Waals surface area contributed by atoms with Crippen molar-refractivity contribution in [3.8, 4) is 33.8 Å². The Bertz CT molecular complexity index is 1270. The predicted octanol–water partition coefficient (Wildman–Crippen LogP) is 5.63. The minimum atomic E-state index is -0.00673. The van der Waals surface area contributed by atoms with E-state index in [1.54, 1.807) is 0 Å². The fraction of sp³-hybridized carbons (Fsp3) is 0.379. The highest BCUT2D eigenvalue weighted by Crippen LogP contribution is 2.61. The Labute approximate surface area is 199 Å². The van der Waals surface area contributed by atoms with E-state index in [1.807, 2.05) is 6.92 Å². The first kappa shape index (κ1) is 20.5. The van der Waals surface area contributed by atoms with Gasteiger partial charge in [-0.15, -0.1) is 0 Å². The number of rotatable bonds is 5. The van der Waals surface area contributed by atoms with E-state index in [-0.39, 0.29) is 24.4 Å². The molecule has 3 aromatic carbocycles. The molecule has 0 amide bonds. The summed E-state index contributed by atoms with van der Waals surface area (Å²) in [6.45, 7) is 6.49. The van der Waals surface area contributed by atoms with E-state index in [4.69, 9.17) is 23.7 Å². The van der Waals surface area contributed by atoms with Gasteiger partial charge in [-0.05, 0) is 48.6 Å². The van der Waals surface area contributed by atoms with Gasteiger partial charge in [0.25, 0.3) is 0 Å². The molecule has 2 saturated heterocycles. The normalized spacial score (nSPS) is 25.5. The molecule has 7 rings (SSSR count). The third-order valence-electron chi connectivity index (χ3n) is 7.32. The standard InChI is InChI=1S/C29H28O5/c1-3-31-19-12-8-11-17-13-18-24(22(17)19)29(32-4-2)23(16-9-6-5-7-10-16)26-25(18)27-20(33-27)14-30-15-21-28(26)34-21/h5-12,20-21,27-28H,3-4,13-15H2,1-2H3. The fourth-order valence-corrected chi connectivity index (χ4v) is 5.89. The van der Waals surface area contributed by atoms with Crippen LogP contribution in [-0.4, -0.2) is 38.6 Å². The van der Waals surface area contributed by atoms with Crippen molar-refractivity contribution in [2.75, 3.05) is 26.4 Å². The highest BCUT2D eigenvalue weighted by Gasteiger charge is 2.53. The summed E-state index contributed by atoms with van der Waals surface area (Å²) in [5, 5.41) is 0. The lowest BCUT2D eigenvalue weighted by Crippen LogP contribution is -2.08. The molecule has 5 nitrogen and oxygen atoms in total. The van der Waals surface area contributed by atoms with Gasteiger partial charge in [0.1, 0.15) is 35.9 Å². The SMILES string of the molecule is CCOc1cccc2c1-c1c(c3c(c(-c4ccccc4)c1OCC)C1OC1COCC1OC31)C2. The molecular weight excluding hydrogens is 428 g/mol. The van der Waals surface area contributed by atoms with Crippen LogP contribution in [0.3, 0.4) is 0 Å². The molecule has 0 spiro atoms. The Morgan fingerprint density at radius 3 is 2.24 bits per heavy atom. The van der Waals surface area contributed by atoms with Crippen molar-refractivity contribution in [2.45, 2.75) is 44.7 Å². The number of epoxide rings is 2. The van der Waals surface area contributed by atoms with Crippen molar-refractivity contribution in [3.05, 3.63) is 70.8 Å². The summed E-state index contributed by atoms with van der Waals surface area (Å²) in [6, 6.07) is 16.9. The van der Waals surface area contributed by atoms with Gasteiger partial charge in [-0.2, -0.15) is 0 Å². The van der Waals surface area contributed by atoms with E-state index in [9.17, 15) is 0 Å². The quantitative estimate of drug-likeness (QED) is 0.364. The molecule has 3 heterocycles. The zero-order chi connectivity index (χ0) is 22.8. The van der Waals surface area contributed by atoms with Crippen molar-refractivity contribution in [3.63, 3.8) is 0 Å². The summed E-state index contributed by atoms with van der Waals surface area (Å²) in [6.07, 6.45) is 1.03. The van der Waals surface area contributed by atoms with Crippen LogP contribution in [0.25, 0.3) is 22.3 Å². The molecule has 4 aliphatic rings. The van der Waals surface area contributed by atoms with Crippen LogP contribution in [0, 0.1) is 0 Å². The molecule has 34 heavy (non-hydrogen) atoms. The highest BCUT2D eigenvalue weighted by molar-refractivity contribution is 5.95. The summed E-state index contributed by atoms with van der Waals surface area (Å²) in [5.74, 6) is 1.85. The topological polar surface area (TPSA) is 52.8 Å². The molecule has 4 unspecified atom stereocenters. The Hall–Kier alpha value is -2.86. The summed E-state index contributed by atoms with van der Waals surface area (Å²) in [4.78, 5) is 0. The largest absolute Gasteiger partial charge is 0.493 e. The Kier molecular flexibility index (Phi) is 4.73. The molecule has 174 valence electrons. The smallest absolute Gasteiger partial charge is 0.135 e. The third-order valence-corrected chi connectivity index (χ3v) is 7.32. The molecule has 0 saturated carbocycles. The molecule has 1 aliphatic carbocycles. The summed E-state index contributed by atoms with van der Waals surface area (Å²) >= 11 is 0. The number of fused-ring (bicyclic) bond motifs is 9. The molecule has 0 radical (unpaired) electrons. The molecule has 0 N–H and O–H groups in total. The minimum Gasteiger partial charge on any atom is -0.493 e. The van der Waals surface area contributed by atoms with Crippen molar-refractivity contribution < 1.29 is 23.7 Å². The number of hydrogen-bond acceptors (Lipinski definition) is 5. The van der Waals surface area contributed by atoms with Gasteiger partial charge in [0.15, 0.2) is 0 Å². The van der Waals surface area contributed by atoms with E-state index in [0.29, 0.717) is 26.4 Å². The van der Waals surface area contributed by atoms with Gasteiger partial charge in [0, 0.05) is 22.3 Å². The number of hydrogen-bond donors (Lipinski definition) is 0. The van der Waals surface area contributed by atoms with Gasteiger partial charge < -0.3 is 23.7 Å². The fourth-order valence-electron chi connectivity index (χ4n) is 5.89. The van der Waals surface area contributed by atoms with Gasteiger partial charge >= 0.3 is 0 Å². The number of ether oxygens (including phenoxy) is 5. The molecule has 3 aromatic rings. The highest BCUT2D eigenvalue weighted by atomic mass is 16.6. The average molecular weight is 457 g/mol. The molecular formula is C29H28O5. The second kappa shape index (κ2) is 7.84. The van der Waals surface area contributed by atoms with Crippen LogP contribution in [0.15, 0.2) is 48.5 Å². The van der Waals surface area contributed by atoms with E-state index < -0.39 is 0 Å².